The van der Waals surface area contributed by atoms with Gasteiger partial charge >= 0.3 is 0 Å². The van der Waals surface area contributed by atoms with Gasteiger partial charge in [-0.1, -0.05) is 0 Å². The molecule has 0 amide bonds. The van der Waals surface area contributed by atoms with Crippen molar-refractivity contribution in [2.24, 2.45) is 11.7 Å². The summed E-state index contributed by atoms with van der Waals surface area (Å²) in [7, 11) is 0. The van der Waals surface area contributed by atoms with Crippen LogP contribution in [-0.4, -0.2) is 23.2 Å². The summed E-state index contributed by atoms with van der Waals surface area (Å²) in [6.07, 6.45) is 4.31. The Morgan fingerprint density at radius 3 is 2.85 bits per heavy atom. The minimum absolute atomic E-state index is 0.128. The maximum Gasteiger partial charge on any atom is 0.0474 e. The number of aliphatic hydroxyl groups excluding tert-OH is 1. The monoisotopic (exact) mass is 244 g/mol. The number of aliphatic hydroxyl groups is 1. The summed E-state index contributed by atoms with van der Waals surface area (Å²) >= 11 is 3.34. The van der Waals surface area contributed by atoms with Gasteiger partial charge in [-0.05, 0) is 46.4 Å². The molecule has 0 aromatic carbocycles. The fourth-order valence-electron chi connectivity index (χ4n) is 1.12. The number of hydrogen-bond donors (Lipinski definition) is 2. The molecule has 0 bridgehead atoms. The summed E-state index contributed by atoms with van der Waals surface area (Å²) in [6, 6.07) is 1.99. The highest BCUT2D eigenvalue weighted by Crippen LogP contribution is 2.12. The van der Waals surface area contributed by atoms with E-state index in [0.29, 0.717) is 6.54 Å². The summed E-state index contributed by atoms with van der Waals surface area (Å²) in [5.74, 6) is 0.135. The first-order valence-corrected chi connectivity index (χ1v) is 4.96. The summed E-state index contributed by atoms with van der Waals surface area (Å²) in [6.45, 7) is 0.631. The van der Waals surface area contributed by atoms with Gasteiger partial charge < -0.3 is 10.8 Å². The lowest BCUT2D eigenvalue weighted by atomic mass is 10.0. The largest absolute Gasteiger partial charge is 0.396 e. The highest BCUT2D eigenvalue weighted by molar-refractivity contribution is 9.10. The Labute approximate surface area is 86.1 Å². The van der Waals surface area contributed by atoms with E-state index in [9.17, 15) is 0 Å². The van der Waals surface area contributed by atoms with Crippen molar-refractivity contribution >= 4 is 15.9 Å². The van der Waals surface area contributed by atoms with Crippen LogP contribution in [0.2, 0.25) is 0 Å². The Kier molecular flexibility index (Phi) is 4.35. The number of nitrogens with two attached hydrogens (primary N) is 1. The number of hydrogen-bond acceptors (Lipinski definition) is 3. The van der Waals surface area contributed by atoms with E-state index in [1.165, 1.54) is 0 Å². The molecule has 72 valence electrons. The number of rotatable bonds is 4. The van der Waals surface area contributed by atoms with Crippen LogP contribution in [0.1, 0.15) is 5.56 Å². The number of aromatic nitrogens is 1. The quantitative estimate of drug-likeness (QED) is 0.830. The molecule has 1 aromatic rings. The van der Waals surface area contributed by atoms with Crippen LogP contribution in [0, 0.1) is 5.92 Å². The Bertz CT molecular complexity index is 264. The average Bonchev–Trinajstić information content (AvgIpc) is 2.14. The zero-order valence-corrected chi connectivity index (χ0v) is 8.87. The van der Waals surface area contributed by atoms with Crippen molar-refractivity contribution in [2.45, 2.75) is 6.42 Å². The van der Waals surface area contributed by atoms with Gasteiger partial charge in [0.1, 0.15) is 0 Å². The first kappa shape index (κ1) is 10.6. The molecule has 0 aliphatic heterocycles. The van der Waals surface area contributed by atoms with E-state index in [-0.39, 0.29) is 12.5 Å². The van der Waals surface area contributed by atoms with Crippen LogP contribution in [-0.2, 0) is 6.42 Å². The third kappa shape index (κ3) is 3.42. The predicted octanol–water partition coefficient (Wildman–Crippen LogP) is 0.954. The molecule has 0 saturated carbocycles. The van der Waals surface area contributed by atoms with Crippen LogP contribution >= 0.6 is 15.9 Å². The Morgan fingerprint density at radius 2 is 2.31 bits per heavy atom. The molecule has 0 saturated heterocycles. The van der Waals surface area contributed by atoms with Gasteiger partial charge in [0.05, 0.1) is 0 Å². The molecule has 1 aromatic heterocycles. The van der Waals surface area contributed by atoms with Crippen LogP contribution in [0.25, 0.3) is 0 Å². The van der Waals surface area contributed by atoms with E-state index < -0.39 is 0 Å². The topological polar surface area (TPSA) is 59.1 Å². The third-order valence-electron chi connectivity index (χ3n) is 1.88. The number of halogens is 1. The molecule has 3 nitrogen and oxygen atoms in total. The normalized spacial score (nSPS) is 12.8. The highest BCUT2D eigenvalue weighted by atomic mass is 79.9. The van der Waals surface area contributed by atoms with Gasteiger partial charge in [-0.15, -0.1) is 0 Å². The van der Waals surface area contributed by atoms with Gasteiger partial charge in [0.15, 0.2) is 0 Å². The molecule has 0 aliphatic carbocycles. The van der Waals surface area contributed by atoms with Gasteiger partial charge in [-0.3, -0.25) is 4.98 Å². The second-order valence-corrected chi connectivity index (χ2v) is 3.92. The molecule has 0 radical (unpaired) electrons. The van der Waals surface area contributed by atoms with Crippen molar-refractivity contribution in [3.8, 4) is 0 Å². The molecule has 1 atom stereocenters. The highest BCUT2D eigenvalue weighted by Gasteiger charge is 2.06. The van der Waals surface area contributed by atoms with Crippen molar-refractivity contribution in [2.75, 3.05) is 13.2 Å². The zero-order valence-electron chi connectivity index (χ0n) is 7.28. The van der Waals surface area contributed by atoms with Crippen molar-refractivity contribution in [1.29, 1.82) is 0 Å². The number of nitrogens with zero attached hydrogens (tertiary/aromatic N) is 1. The van der Waals surface area contributed by atoms with Crippen LogP contribution in [0.5, 0.6) is 0 Å². The minimum Gasteiger partial charge on any atom is -0.396 e. The Balaban J connectivity index is 2.62. The van der Waals surface area contributed by atoms with Crippen LogP contribution in [0.4, 0.5) is 0 Å². The first-order chi connectivity index (χ1) is 6.26. The van der Waals surface area contributed by atoms with Gasteiger partial charge in [0.2, 0.25) is 0 Å². The summed E-state index contributed by atoms with van der Waals surface area (Å²) in [5.41, 5.74) is 6.57. The van der Waals surface area contributed by atoms with Crippen LogP contribution in [0.3, 0.4) is 0 Å². The molecule has 1 rings (SSSR count). The smallest absolute Gasteiger partial charge is 0.0474 e. The zero-order chi connectivity index (χ0) is 9.68. The molecule has 0 spiro atoms. The van der Waals surface area contributed by atoms with E-state index >= 15 is 0 Å². The molecular formula is C9H13BrN2O. The van der Waals surface area contributed by atoms with E-state index in [1.807, 2.05) is 6.07 Å². The molecular weight excluding hydrogens is 232 g/mol. The first-order valence-electron chi connectivity index (χ1n) is 4.16. The lowest BCUT2D eigenvalue weighted by Gasteiger charge is -2.10. The Morgan fingerprint density at radius 1 is 1.54 bits per heavy atom. The Hall–Kier alpha value is -0.450. The van der Waals surface area contributed by atoms with Crippen molar-refractivity contribution in [3.63, 3.8) is 0 Å². The van der Waals surface area contributed by atoms with E-state index in [0.717, 1.165) is 16.5 Å². The lowest BCUT2D eigenvalue weighted by molar-refractivity contribution is 0.229. The van der Waals surface area contributed by atoms with E-state index in [2.05, 4.69) is 20.9 Å². The average molecular weight is 245 g/mol. The standard InChI is InChI=1S/C9H13BrN2O/c10-9-2-7(4-12-5-9)1-8(3-11)6-13/h2,4-5,8,13H,1,3,6,11H2. The van der Waals surface area contributed by atoms with Crippen LogP contribution in [0.15, 0.2) is 22.9 Å². The molecule has 0 aliphatic rings. The summed E-state index contributed by atoms with van der Waals surface area (Å²) in [5, 5.41) is 8.94. The summed E-state index contributed by atoms with van der Waals surface area (Å²) in [4.78, 5) is 4.04. The fourth-order valence-corrected chi connectivity index (χ4v) is 1.54. The maximum absolute atomic E-state index is 8.94. The van der Waals surface area contributed by atoms with E-state index in [4.69, 9.17) is 10.8 Å². The second kappa shape index (κ2) is 5.32. The minimum atomic E-state index is 0.128. The maximum atomic E-state index is 8.94. The van der Waals surface area contributed by atoms with Crippen molar-refractivity contribution in [1.82, 2.24) is 4.98 Å². The third-order valence-corrected chi connectivity index (χ3v) is 2.31. The van der Waals surface area contributed by atoms with E-state index in [1.54, 1.807) is 12.4 Å². The molecule has 1 heterocycles. The van der Waals surface area contributed by atoms with Gasteiger partial charge in [-0.25, -0.2) is 0 Å². The molecule has 4 heteroatoms. The molecule has 3 N–H and O–H groups in total. The molecule has 0 fully saturated rings. The van der Waals surface area contributed by atoms with Crippen molar-refractivity contribution < 1.29 is 5.11 Å². The van der Waals surface area contributed by atoms with Gasteiger partial charge in [-0.2, -0.15) is 0 Å². The molecule has 13 heavy (non-hydrogen) atoms. The van der Waals surface area contributed by atoms with Crippen molar-refractivity contribution in [3.05, 3.63) is 28.5 Å². The van der Waals surface area contributed by atoms with Crippen LogP contribution < -0.4 is 5.73 Å². The SMILES string of the molecule is NCC(CO)Cc1cncc(Br)c1. The fraction of sp³-hybridized carbons (Fsp3) is 0.444. The lowest BCUT2D eigenvalue weighted by Crippen LogP contribution is -2.20. The molecule has 1 unspecified atom stereocenters. The summed E-state index contributed by atoms with van der Waals surface area (Å²) < 4.78 is 0.957. The number of pyridine rings is 1. The van der Waals surface area contributed by atoms with Gasteiger partial charge in [0.25, 0.3) is 0 Å². The van der Waals surface area contributed by atoms with Gasteiger partial charge in [0, 0.05) is 23.5 Å². The predicted molar refractivity (Wildman–Crippen MR) is 55.3 cm³/mol. The second-order valence-electron chi connectivity index (χ2n) is 3.00.